The lowest BCUT2D eigenvalue weighted by atomic mass is 10.0. The number of aromatic amines is 1. The summed E-state index contributed by atoms with van der Waals surface area (Å²) in [6.07, 6.45) is -0.750. The zero-order valence-electron chi connectivity index (χ0n) is 8.84. The molecule has 0 aliphatic heterocycles. The van der Waals surface area contributed by atoms with Gasteiger partial charge in [-0.1, -0.05) is 0 Å². The van der Waals surface area contributed by atoms with Crippen molar-refractivity contribution in [3.63, 3.8) is 0 Å². The van der Waals surface area contributed by atoms with Gasteiger partial charge in [0.05, 0.1) is 12.3 Å². The molecule has 16 heavy (non-hydrogen) atoms. The molecular weight excluding hydrogens is 214 g/mol. The van der Waals surface area contributed by atoms with E-state index < -0.39 is 18.2 Å². The van der Waals surface area contributed by atoms with Crippen LogP contribution in [0.5, 0.6) is 0 Å². The largest absolute Gasteiger partial charge is 0.477 e. The van der Waals surface area contributed by atoms with Gasteiger partial charge in [0.2, 0.25) is 0 Å². The molecule has 1 heterocycles. The Morgan fingerprint density at radius 2 is 2.31 bits per heavy atom. The summed E-state index contributed by atoms with van der Waals surface area (Å²) >= 11 is 0. The number of hydrogen-bond donors (Lipinski definition) is 5. The second-order valence-electron chi connectivity index (χ2n) is 3.41. The predicted molar refractivity (Wildman–Crippen MR) is 55.1 cm³/mol. The maximum atomic E-state index is 10.7. The summed E-state index contributed by atoms with van der Waals surface area (Å²) in [5.41, 5.74) is -0.105. The number of carbonyl (C=O) groups is 1. The minimum atomic E-state index is -1.25. The number of carboxylic acid groups (broad SMARTS) is 1. The van der Waals surface area contributed by atoms with E-state index in [0.717, 1.165) is 0 Å². The highest BCUT2D eigenvalue weighted by molar-refractivity contribution is 5.87. The first-order chi connectivity index (χ1) is 7.57. The number of aromatic carboxylic acids is 1. The molecule has 0 fully saturated rings. The lowest BCUT2D eigenvalue weighted by molar-refractivity contribution is 0.0131. The van der Waals surface area contributed by atoms with Crippen molar-refractivity contribution in [2.75, 3.05) is 13.6 Å². The molecule has 7 heteroatoms. The van der Waals surface area contributed by atoms with Gasteiger partial charge in [-0.3, -0.25) is 5.10 Å². The van der Waals surface area contributed by atoms with Crippen LogP contribution in [-0.2, 0) is 0 Å². The van der Waals surface area contributed by atoms with Gasteiger partial charge in [-0.25, -0.2) is 4.79 Å². The first-order valence-corrected chi connectivity index (χ1v) is 4.85. The van der Waals surface area contributed by atoms with Crippen LogP contribution in [0.4, 0.5) is 0 Å². The van der Waals surface area contributed by atoms with Gasteiger partial charge >= 0.3 is 5.97 Å². The first kappa shape index (κ1) is 12.6. The van der Waals surface area contributed by atoms with E-state index in [1.807, 2.05) is 0 Å². The van der Waals surface area contributed by atoms with Crippen molar-refractivity contribution < 1.29 is 20.1 Å². The number of aliphatic hydroxyl groups excluding tert-OH is 2. The summed E-state index contributed by atoms with van der Waals surface area (Å²) < 4.78 is 0. The van der Waals surface area contributed by atoms with Crippen molar-refractivity contribution in [2.24, 2.45) is 0 Å². The summed E-state index contributed by atoms with van der Waals surface area (Å²) in [6, 6.07) is 0. The summed E-state index contributed by atoms with van der Waals surface area (Å²) in [6.45, 7) is 0.526. The van der Waals surface area contributed by atoms with Crippen molar-refractivity contribution in [1.29, 1.82) is 0 Å². The van der Waals surface area contributed by atoms with Gasteiger partial charge in [-0.2, -0.15) is 5.10 Å². The van der Waals surface area contributed by atoms with Gasteiger partial charge in [0.15, 0.2) is 0 Å². The molecule has 90 valence electrons. The Kier molecular flexibility index (Phi) is 4.41. The third kappa shape index (κ3) is 2.78. The Balaban J connectivity index is 2.75. The molecule has 0 aromatic carbocycles. The number of carboxylic acids is 1. The highest BCUT2D eigenvalue weighted by atomic mass is 16.4. The molecule has 1 rings (SSSR count). The summed E-state index contributed by atoms with van der Waals surface area (Å²) in [5, 5.41) is 36.7. The number of aliphatic hydroxyl groups is 2. The van der Waals surface area contributed by atoms with Gasteiger partial charge < -0.3 is 20.6 Å². The van der Waals surface area contributed by atoms with Crippen molar-refractivity contribution in [3.05, 3.63) is 17.5 Å². The molecule has 0 radical (unpaired) electrons. The molecule has 0 saturated carbocycles. The van der Waals surface area contributed by atoms with E-state index in [4.69, 9.17) is 5.11 Å². The third-order valence-corrected chi connectivity index (χ3v) is 2.26. The smallest absolute Gasteiger partial charge is 0.354 e. The minimum absolute atomic E-state index is 0.0936. The lowest BCUT2D eigenvalue weighted by Crippen LogP contribution is -2.24. The number of nitrogens with one attached hydrogen (secondary N) is 2. The molecule has 0 aliphatic carbocycles. The first-order valence-electron chi connectivity index (χ1n) is 4.85. The van der Waals surface area contributed by atoms with Crippen molar-refractivity contribution in [3.8, 4) is 0 Å². The second kappa shape index (κ2) is 5.59. The number of hydrogen-bond acceptors (Lipinski definition) is 5. The molecule has 1 aromatic rings. The number of aromatic nitrogens is 2. The van der Waals surface area contributed by atoms with Gasteiger partial charge in [-0.15, -0.1) is 0 Å². The Bertz CT molecular complexity index is 352. The number of H-pyrrole nitrogens is 1. The van der Waals surface area contributed by atoms with Crippen LogP contribution in [0.3, 0.4) is 0 Å². The maximum Gasteiger partial charge on any atom is 0.354 e. The molecular formula is C9H15N3O4. The standard InChI is InChI=1S/C9H15N3O4/c1-10-3-2-6(13)8(14)5-4-11-12-7(5)9(15)16/h4,6,8,10,13-14H,2-3H2,1H3,(H,11,12)(H,15,16). The topological polar surface area (TPSA) is 118 Å². The lowest BCUT2D eigenvalue weighted by Gasteiger charge is -2.16. The monoisotopic (exact) mass is 229 g/mol. The average molecular weight is 229 g/mol. The van der Waals surface area contributed by atoms with E-state index in [2.05, 4.69) is 15.5 Å². The SMILES string of the molecule is CNCCC(O)C(O)c1cn[nH]c1C(=O)O. The van der Waals surface area contributed by atoms with Crippen LogP contribution in [-0.4, -0.2) is 51.2 Å². The fourth-order valence-corrected chi connectivity index (χ4v) is 1.35. The van der Waals surface area contributed by atoms with Gasteiger partial charge in [0.1, 0.15) is 11.8 Å². The van der Waals surface area contributed by atoms with E-state index in [9.17, 15) is 15.0 Å². The second-order valence-corrected chi connectivity index (χ2v) is 3.41. The molecule has 7 nitrogen and oxygen atoms in total. The fourth-order valence-electron chi connectivity index (χ4n) is 1.35. The molecule has 5 N–H and O–H groups in total. The van der Waals surface area contributed by atoms with Crippen LogP contribution in [0.25, 0.3) is 0 Å². The van der Waals surface area contributed by atoms with E-state index >= 15 is 0 Å². The van der Waals surface area contributed by atoms with Gasteiger partial charge in [0.25, 0.3) is 0 Å². The minimum Gasteiger partial charge on any atom is -0.477 e. The molecule has 1 aromatic heterocycles. The predicted octanol–water partition coefficient (Wildman–Crippen LogP) is -0.888. The molecule has 0 saturated heterocycles. The van der Waals surface area contributed by atoms with Crippen LogP contribution in [0, 0.1) is 0 Å². The van der Waals surface area contributed by atoms with E-state index in [-0.39, 0.29) is 11.3 Å². The Morgan fingerprint density at radius 1 is 1.62 bits per heavy atom. The Labute approximate surface area is 92.1 Å². The van der Waals surface area contributed by atoms with E-state index in [1.165, 1.54) is 6.20 Å². The zero-order chi connectivity index (χ0) is 12.1. The molecule has 0 aliphatic rings. The summed E-state index contributed by atoms with van der Waals surface area (Å²) in [4.78, 5) is 10.7. The maximum absolute atomic E-state index is 10.7. The normalized spacial score (nSPS) is 14.7. The molecule has 2 unspecified atom stereocenters. The summed E-state index contributed by atoms with van der Waals surface area (Å²) in [7, 11) is 1.72. The van der Waals surface area contributed by atoms with Crippen molar-refractivity contribution in [2.45, 2.75) is 18.6 Å². The molecule has 0 bridgehead atoms. The van der Waals surface area contributed by atoms with Crippen LogP contribution in [0.15, 0.2) is 6.20 Å². The highest BCUT2D eigenvalue weighted by Gasteiger charge is 2.24. The van der Waals surface area contributed by atoms with Gasteiger partial charge in [-0.05, 0) is 20.0 Å². The molecule has 0 spiro atoms. The van der Waals surface area contributed by atoms with Crippen LogP contribution < -0.4 is 5.32 Å². The number of nitrogens with zero attached hydrogens (tertiary/aromatic N) is 1. The van der Waals surface area contributed by atoms with Crippen LogP contribution in [0.1, 0.15) is 28.6 Å². The number of rotatable bonds is 6. The summed E-state index contributed by atoms with van der Waals surface area (Å²) in [5.74, 6) is -1.22. The third-order valence-electron chi connectivity index (χ3n) is 2.26. The Hall–Kier alpha value is -1.44. The van der Waals surface area contributed by atoms with Crippen LogP contribution >= 0.6 is 0 Å². The molecule has 0 amide bonds. The zero-order valence-corrected chi connectivity index (χ0v) is 8.84. The van der Waals surface area contributed by atoms with E-state index in [0.29, 0.717) is 13.0 Å². The average Bonchev–Trinajstić information content (AvgIpc) is 2.73. The van der Waals surface area contributed by atoms with Crippen molar-refractivity contribution in [1.82, 2.24) is 15.5 Å². The van der Waals surface area contributed by atoms with Gasteiger partial charge in [0, 0.05) is 5.56 Å². The van der Waals surface area contributed by atoms with Crippen molar-refractivity contribution >= 4 is 5.97 Å². The van der Waals surface area contributed by atoms with E-state index in [1.54, 1.807) is 7.05 Å². The highest BCUT2D eigenvalue weighted by Crippen LogP contribution is 2.20. The molecule has 2 atom stereocenters. The Morgan fingerprint density at radius 3 is 2.88 bits per heavy atom. The quantitative estimate of drug-likeness (QED) is 0.432. The van der Waals surface area contributed by atoms with Crippen LogP contribution in [0.2, 0.25) is 0 Å². The fraction of sp³-hybridized carbons (Fsp3) is 0.556.